The number of aryl methyl sites for hydroxylation is 1. The van der Waals surface area contributed by atoms with Crippen molar-refractivity contribution in [2.24, 2.45) is 5.92 Å². The van der Waals surface area contributed by atoms with E-state index in [1.807, 2.05) is 18.2 Å². The molecule has 3 aromatic rings. The van der Waals surface area contributed by atoms with Crippen molar-refractivity contribution in [3.05, 3.63) is 47.2 Å². The second kappa shape index (κ2) is 10.2. The van der Waals surface area contributed by atoms with Gasteiger partial charge in [0, 0.05) is 73.4 Å². The van der Waals surface area contributed by atoms with Crippen molar-refractivity contribution in [1.29, 1.82) is 0 Å². The standard InChI is InChI=1S/C35H43FN6O2/c1-21-4-2-5-22-12-27(43)13-31(32(21)22)40-11-10-28-29(19-40)38-34(39-33(28)41-17-25-8-9-26(18-41)37-25)44-20-35-14-23-6-3-7-30(23)42(35)16-24(36)15-35/h2,4-5,12-13,23-26,30,37,43H,3,6-11,14-20H2,1H3/t23-,24+,25?,26?,30-,35-/m0/s1. The molecule has 8 nitrogen and oxygen atoms in total. The van der Waals surface area contributed by atoms with Crippen LogP contribution in [0.2, 0.25) is 0 Å². The van der Waals surface area contributed by atoms with Gasteiger partial charge in [-0.05, 0) is 68.4 Å². The summed E-state index contributed by atoms with van der Waals surface area (Å²) in [5.41, 5.74) is 4.21. The SMILES string of the molecule is Cc1cccc2cc(O)cc(N3CCc4c(nc(OC[C@]56C[C@@H](F)CN5[C@H]5CCC[C@H]5C6)nc4N4CC5CCC(C4)N5)C3)c12. The zero-order chi connectivity index (χ0) is 29.6. The molecule has 6 aliphatic rings. The Balaban J connectivity index is 1.07. The molecule has 0 amide bonds. The van der Waals surface area contributed by atoms with E-state index in [-0.39, 0.29) is 11.3 Å². The smallest absolute Gasteiger partial charge is 0.318 e. The molecule has 6 heterocycles. The van der Waals surface area contributed by atoms with Crippen molar-refractivity contribution in [1.82, 2.24) is 20.2 Å². The molecule has 2 aromatic carbocycles. The van der Waals surface area contributed by atoms with E-state index < -0.39 is 6.17 Å². The van der Waals surface area contributed by atoms with Crippen molar-refractivity contribution >= 4 is 22.3 Å². The normalized spacial score (nSPS) is 32.7. The lowest BCUT2D eigenvalue weighted by Gasteiger charge is -2.38. The Kier molecular flexibility index (Phi) is 6.28. The van der Waals surface area contributed by atoms with Crippen molar-refractivity contribution in [3.63, 3.8) is 0 Å². The molecule has 9 heteroatoms. The number of benzene rings is 2. The van der Waals surface area contributed by atoms with Gasteiger partial charge in [0.1, 0.15) is 24.3 Å². The second-order valence-electron chi connectivity index (χ2n) is 14.5. The Morgan fingerprint density at radius 2 is 1.91 bits per heavy atom. The molecular formula is C35H43FN6O2. The van der Waals surface area contributed by atoms with Gasteiger partial charge in [-0.1, -0.05) is 24.6 Å². The number of aromatic nitrogens is 2. The highest BCUT2D eigenvalue weighted by Gasteiger charge is 2.58. The summed E-state index contributed by atoms with van der Waals surface area (Å²) >= 11 is 0. The van der Waals surface area contributed by atoms with E-state index in [2.05, 4.69) is 39.1 Å². The fourth-order valence-corrected chi connectivity index (χ4v) is 9.96. The topological polar surface area (TPSA) is 77.0 Å². The zero-order valence-electron chi connectivity index (χ0n) is 25.6. The average molecular weight is 599 g/mol. The van der Waals surface area contributed by atoms with Gasteiger partial charge >= 0.3 is 6.01 Å². The lowest BCUT2D eigenvalue weighted by atomic mass is 9.89. The van der Waals surface area contributed by atoms with Gasteiger partial charge < -0.3 is 25.0 Å². The van der Waals surface area contributed by atoms with E-state index in [9.17, 15) is 9.50 Å². The molecule has 1 aromatic heterocycles. The number of piperazine rings is 1. The summed E-state index contributed by atoms with van der Waals surface area (Å²) < 4.78 is 21.5. The van der Waals surface area contributed by atoms with E-state index in [0.717, 1.165) is 55.1 Å². The summed E-state index contributed by atoms with van der Waals surface area (Å²) in [6.07, 6.45) is 7.73. The molecule has 6 atom stereocenters. The minimum Gasteiger partial charge on any atom is -0.508 e. The lowest BCUT2D eigenvalue weighted by molar-refractivity contribution is 0.0829. The summed E-state index contributed by atoms with van der Waals surface area (Å²) in [5, 5.41) is 16.6. The molecule has 44 heavy (non-hydrogen) atoms. The van der Waals surface area contributed by atoms with Gasteiger partial charge in [-0.25, -0.2) is 4.39 Å². The predicted octanol–water partition coefficient (Wildman–Crippen LogP) is 4.88. The van der Waals surface area contributed by atoms with Crippen molar-refractivity contribution in [2.75, 3.05) is 42.6 Å². The van der Waals surface area contributed by atoms with Crippen molar-refractivity contribution in [3.8, 4) is 11.8 Å². The first-order valence-corrected chi connectivity index (χ1v) is 16.8. The van der Waals surface area contributed by atoms with Gasteiger partial charge in [-0.2, -0.15) is 9.97 Å². The molecule has 1 aliphatic carbocycles. The molecule has 5 fully saturated rings. The fourth-order valence-electron chi connectivity index (χ4n) is 9.96. The monoisotopic (exact) mass is 598 g/mol. The van der Waals surface area contributed by atoms with Crippen LogP contribution in [0, 0.1) is 12.8 Å². The highest BCUT2D eigenvalue weighted by atomic mass is 19.1. The molecular weight excluding hydrogens is 555 g/mol. The summed E-state index contributed by atoms with van der Waals surface area (Å²) in [5.74, 6) is 1.96. The van der Waals surface area contributed by atoms with Crippen LogP contribution in [-0.4, -0.2) is 82.6 Å². The number of phenolic OH excluding ortho intramolecular Hbond substituents is 1. The molecule has 232 valence electrons. The second-order valence-corrected chi connectivity index (χ2v) is 14.5. The van der Waals surface area contributed by atoms with E-state index in [0.29, 0.717) is 56.2 Å². The molecule has 5 aliphatic heterocycles. The van der Waals surface area contributed by atoms with Gasteiger partial charge in [0.2, 0.25) is 0 Å². The Labute approximate surface area is 258 Å². The number of ether oxygens (including phenoxy) is 1. The van der Waals surface area contributed by atoms with E-state index in [1.165, 1.54) is 48.6 Å². The first-order chi connectivity index (χ1) is 21.4. The molecule has 9 rings (SSSR count). The predicted molar refractivity (Wildman–Crippen MR) is 169 cm³/mol. The molecule has 1 saturated carbocycles. The van der Waals surface area contributed by atoms with Crippen LogP contribution in [0.5, 0.6) is 11.8 Å². The number of aromatic hydroxyl groups is 1. The Morgan fingerprint density at radius 1 is 1.05 bits per heavy atom. The largest absolute Gasteiger partial charge is 0.508 e. The van der Waals surface area contributed by atoms with Crippen LogP contribution >= 0.6 is 0 Å². The van der Waals surface area contributed by atoms with Crippen LogP contribution < -0.4 is 19.9 Å². The number of nitrogens with zero attached hydrogens (tertiary/aromatic N) is 5. The summed E-state index contributed by atoms with van der Waals surface area (Å²) in [7, 11) is 0. The minimum atomic E-state index is -0.786. The highest BCUT2D eigenvalue weighted by Crippen LogP contribution is 2.52. The third kappa shape index (κ3) is 4.37. The number of nitrogens with one attached hydrogen (secondary N) is 1. The third-order valence-electron chi connectivity index (χ3n) is 11.8. The molecule has 2 bridgehead atoms. The first kappa shape index (κ1) is 27.2. The van der Waals surface area contributed by atoms with Gasteiger partial charge in [0.25, 0.3) is 0 Å². The van der Waals surface area contributed by atoms with Gasteiger partial charge in [0.15, 0.2) is 0 Å². The maximum Gasteiger partial charge on any atom is 0.318 e. The Bertz CT molecular complexity index is 1610. The number of halogens is 1. The molecule has 2 unspecified atom stereocenters. The van der Waals surface area contributed by atoms with E-state index in [4.69, 9.17) is 14.7 Å². The van der Waals surface area contributed by atoms with Crippen LogP contribution in [0.1, 0.15) is 61.8 Å². The van der Waals surface area contributed by atoms with Crippen LogP contribution in [0.15, 0.2) is 30.3 Å². The summed E-state index contributed by atoms with van der Waals surface area (Å²) in [6, 6.07) is 11.9. The summed E-state index contributed by atoms with van der Waals surface area (Å²) in [6.45, 7) is 6.47. The average Bonchev–Trinajstić information content (AvgIpc) is 3.75. The Morgan fingerprint density at radius 3 is 2.77 bits per heavy atom. The summed E-state index contributed by atoms with van der Waals surface area (Å²) in [4.78, 5) is 17.5. The van der Waals surface area contributed by atoms with Crippen molar-refractivity contribution in [2.45, 2.75) is 94.7 Å². The molecule has 2 N–H and O–H groups in total. The number of rotatable bonds is 5. The number of anilines is 2. The number of alkyl halides is 1. The van der Waals surface area contributed by atoms with E-state index >= 15 is 0 Å². The minimum absolute atomic E-state index is 0.243. The molecule has 4 saturated heterocycles. The lowest BCUT2D eigenvalue weighted by Crippen LogP contribution is -2.52. The number of phenols is 1. The number of hydrogen-bond acceptors (Lipinski definition) is 8. The third-order valence-corrected chi connectivity index (χ3v) is 11.8. The van der Waals surface area contributed by atoms with Gasteiger partial charge in [-0.15, -0.1) is 0 Å². The zero-order valence-corrected chi connectivity index (χ0v) is 25.6. The Hall–Kier alpha value is -3.17. The first-order valence-electron chi connectivity index (χ1n) is 16.8. The van der Waals surface area contributed by atoms with Crippen molar-refractivity contribution < 1.29 is 14.2 Å². The van der Waals surface area contributed by atoms with Crippen LogP contribution in [0.4, 0.5) is 15.9 Å². The van der Waals surface area contributed by atoms with Crippen LogP contribution in [-0.2, 0) is 13.0 Å². The number of fused-ring (bicyclic) bond motifs is 7. The quantitative estimate of drug-likeness (QED) is 0.431. The van der Waals surface area contributed by atoms with E-state index in [1.54, 1.807) is 0 Å². The van der Waals surface area contributed by atoms with Gasteiger partial charge in [-0.3, -0.25) is 4.90 Å². The van der Waals surface area contributed by atoms with Crippen LogP contribution in [0.3, 0.4) is 0 Å². The molecule has 0 spiro atoms. The highest BCUT2D eigenvalue weighted by molar-refractivity contribution is 5.98. The molecule has 0 radical (unpaired) electrons. The maximum atomic E-state index is 14.9. The maximum absolute atomic E-state index is 14.9. The fraction of sp³-hybridized carbons (Fsp3) is 0.600. The number of hydrogen-bond donors (Lipinski definition) is 2. The van der Waals surface area contributed by atoms with Crippen LogP contribution in [0.25, 0.3) is 10.8 Å². The van der Waals surface area contributed by atoms with Gasteiger partial charge in [0.05, 0.1) is 17.8 Å².